The summed E-state index contributed by atoms with van der Waals surface area (Å²) in [6.07, 6.45) is 3.21. The Kier molecular flexibility index (Phi) is 6.89. The molecule has 0 saturated carbocycles. The van der Waals surface area contributed by atoms with Crippen LogP contribution in [0.3, 0.4) is 0 Å². The number of halogens is 1. The van der Waals surface area contributed by atoms with Crippen LogP contribution in [-0.2, 0) is 20.7 Å². The van der Waals surface area contributed by atoms with E-state index < -0.39 is 17.9 Å². The molecule has 0 saturated heterocycles. The molecule has 4 nitrogen and oxygen atoms in total. The van der Waals surface area contributed by atoms with Crippen molar-refractivity contribution in [2.24, 2.45) is 0 Å². The van der Waals surface area contributed by atoms with E-state index in [9.17, 15) is 14.0 Å². The second-order valence-corrected chi connectivity index (χ2v) is 5.39. The summed E-state index contributed by atoms with van der Waals surface area (Å²) in [5, 5.41) is 2.66. The number of esters is 1. The molecule has 25 heavy (non-hydrogen) atoms. The van der Waals surface area contributed by atoms with Gasteiger partial charge in [-0.05, 0) is 36.3 Å². The molecule has 0 aliphatic rings. The van der Waals surface area contributed by atoms with Gasteiger partial charge in [0, 0.05) is 12.5 Å². The van der Waals surface area contributed by atoms with E-state index in [1.807, 2.05) is 30.3 Å². The van der Waals surface area contributed by atoms with Crippen LogP contribution in [0.2, 0.25) is 0 Å². The number of amides is 1. The Balaban J connectivity index is 2.03. The molecule has 0 radical (unpaired) electrons. The van der Waals surface area contributed by atoms with Crippen molar-refractivity contribution in [3.05, 3.63) is 77.6 Å². The van der Waals surface area contributed by atoms with Crippen LogP contribution in [0, 0.1) is 5.82 Å². The van der Waals surface area contributed by atoms with Crippen LogP contribution in [0.5, 0.6) is 0 Å². The number of hydrogen-bond donors (Lipinski definition) is 1. The average Bonchev–Trinajstić information content (AvgIpc) is 2.62. The molecule has 5 heteroatoms. The van der Waals surface area contributed by atoms with Crippen LogP contribution in [0.1, 0.15) is 18.1 Å². The minimum absolute atomic E-state index is 0.241. The second kappa shape index (κ2) is 9.37. The number of hydrogen-bond acceptors (Lipinski definition) is 3. The summed E-state index contributed by atoms with van der Waals surface area (Å²) in [5.74, 6) is -1.24. The van der Waals surface area contributed by atoms with E-state index in [0.717, 1.165) is 5.56 Å². The van der Waals surface area contributed by atoms with Crippen molar-refractivity contribution < 1.29 is 18.7 Å². The van der Waals surface area contributed by atoms with Gasteiger partial charge in [0.2, 0.25) is 5.91 Å². The molecule has 0 spiro atoms. The standard InChI is InChI=1S/C20H20FNO3/c1-2-25-20(24)18(14-16-6-4-3-5-7-16)22-19(23)13-10-15-8-11-17(21)12-9-15/h3-13,18H,2,14H2,1H3,(H,22,23)/b13-10+. The van der Waals surface area contributed by atoms with Crippen molar-refractivity contribution >= 4 is 18.0 Å². The normalized spacial score (nSPS) is 11.9. The molecule has 1 unspecified atom stereocenters. The number of benzene rings is 2. The Morgan fingerprint density at radius 3 is 2.44 bits per heavy atom. The molecule has 1 N–H and O–H groups in total. The molecule has 2 aromatic carbocycles. The first-order valence-electron chi connectivity index (χ1n) is 8.03. The molecule has 0 aromatic heterocycles. The molecule has 2 aromatic rings. The van der Waals surface area contributed by atoms with Crippen molar-refractivity contribution in [2.75, 3.05) is 6.61 Å². The first kappa shape index (κ1) is 18.4. The molecule has 2 rings (SSSR count). The molecule has 0 heterocycles. The van der Waals surface area contributed by atoms with Gasteiger partial charge >= 0.3 is 5.97 Å². The van der Waals surface area contributed by atoms with Crippen LogP contribution in [0.25, 0.3) is 6.08 Å². The van der Waals surface area contributed by atoms with E-state index in [2.05, 4.69) is 5.32 Å². The highest BCUT2D eigenvalue weighted by Crippen LogP contribution is 2.07. The second-order valence-electron chi connectivity index (χ2n) is 5.39. The Morgan fingerprint density at radius 2 is 1.80 bits per heavy atom. The van der Waals surface area contributed by atoms with Crippen LogP contribution >= 0.6 is 0 Å². The number of rotatable bonds is 7. The summed E-state index contributed by atoms with van der Waals surface area (Å²) in [6, 6.07) is 14.4. The van der Waals surface area contributed by atoms with Gasteiger partial charge in [-0.3, -0.25) is 4.79 Å². The zero-order chi connectivity index (χ0) is 18.1. The molecule has 0 aliphatic heterocycles. The van der Waals surface area contributed by atoms with E-state index >= 15 is 0 Å². The topological polar surface area (TPSA) is 55.4 Å². The van der Waals surface area contributed by atoms with Crippen LogP contribution in [0.15, 0.2) is 60.7 Å². The van der Waals surface area contributed by atoms with Crippen molar-refractivity contribution in [3.63, 3.8) is 0 Å². The summed E-state index contributed by atoms with van der Waals surface area (Å²) in [7, 11) is 0. The monoisotopic (exact) mass is 341 g/mol. The van der Waals surface area contributed by atoms with E-state index in [1.54, 1.807) is 25.1 Å². The summed E-state index contributed by atoms with van der Waals surface area (Å²) in [6.45, 7) is 1.96. The van der Waals surface area contributed by atoms with E-state index in [1.165, 1.54) is 18.2 Å². The average molecular weight is 341 g/mol. The fourth-order valence-corrected chi connectivity index (χ4v) is 2.25. The van der Waals surface area contributed by atoms with Gasteiger partial charge in [0.05, 0.1) is 6.61 Å². The Hall–Kier alpha value is -2.95. The van der Waals surface area contributed by atoms with Gasteiger partial charge in [-0.25, -0.2) is 9.18 Å². The maximum atomic E-state index is 12.9. The number of ether oxygens (including phenoxy) is 1. The minimum Gasteiger partial charge on any atom is -0.464 e. The van der Waals surface area contributed by atoms with Gasteiger partial charge < -0.3 is 10.1 Å². The lowest BCUT2D eigenvalue weighted by Gasteiger charge is -2.16. The Bertz CT molecular complexity index is 726. The highest BCUT2D eigenvalue weighted by molar-refractivity contribution is 5.94. The summed E-state index contributed by atoms with van der Waals surface area (Å²) in [4.78, 5) is 24.2. The van der Waals surface area contributed by atoms with Crippen molar-refractivity contribution in [1.82, 2.24) is 5.32 Å². The van der Waals surface area contributed by atoms with Crippen molar-refractivity contribution in [2.45, 2.75) is 19.4 Å². The molecular weight excluding hydrogens is 321 g/mol. The predicted octanol–water partition coefficient (Wildman–Crippen LogP) is 3.13. The third-order valence-corrected chi connectivity index (χ3v) is 3.47. The van der Waals surface area contributed by atoms with E-state index in [0.29, 0.717) is 12.0 Å². The van der Waals surface area contributed by atoms with Crippen LogP contribution < -0.4 is 5.32 Å². The maximum Gasteiger partial charge on any atom is 0.328 e. The third-order valence-electron chi connectivity index (χ3n) is 3.47. The third kappa shape index (κ3) is 6.22. The summed E-state index contributed by atoms with van der Waals surface area (Å²) in [5.41, 5.74) is 1.61. The lowest BCUT2D eigenvalue weighted by molar-refractivity contribution is -0.146. The molecule has 130 valence electrons. The van der Waals surface area contributed by atoms with Crippen molar-refractivity contribution in [3.8, 4) is 0 Å². The van der Waals surface area contributed by atoms with Gasteiger partial charge in [0.15, 0.2) is 0 Å². The zero-order valence-corrected chi connectivity index (χ0v) is 13.9. The van der Waals surface area contributed by atoms with Gasteiger partial charge in [0.1, 0.15) is 11.9 Å². The fourth-order valence-electron chi connectivity index (χ4n) is 2.25. The number of nitrogens with one attached hydrogen (secondary N) is 1. The van der Waals surface area contributed by atoms with Crippen LogP contribution in [-0.4, -0.2) is 24.5 Å². The van der Waals surface area contributed by atoms with Crippen LogP contribution in [0.4, 0.5) is 4.39 Å². The quantitative estimate of drug-likeness (QED) is 0.622. The minimum atomic E-state index is -0.771. The fraction of sp³-hybridized carbons (Fsp3) is 0.200. The summed E-state index contributed by atoms with van der Waals surface area (Å²) >= 11 is 0. The lowest BCUT2D eigenvalue weighted by atomic mass is 10.1. The molecule has 0 bridgehead atoms. The van der Waals surface area contributed by atoms with Gasteiger partial charge in [-0.1, -0.05) is 42.5 Å². The molecule has 0 fully saturated rings. The summed E-state index contributed by atoms with van der Waals surface area (Å²) < 4.78 is 17.9. The number of carbonyl (C=O) groups is 2. The SMILES string of the molecule is CCOC(=O)C(Cc1ccccc1)NC(=O)/C=C/c1ccc(F)cc1. The zero-order valence-electron chi connectivity index (χ0n) is 13.9. The molecule has 0 aliphatic carbocycles. The molecule has 1 amide bonds. The largest absolute Gasteiger partial charge is 0.464 e. The van der Waals surface area contributed by atoms with E-state index in [-0.39, 0.29) is 12.4 Å². The number of carbonyl (C=O) groups excluding carboxylic acids is 2. The highest BCUT2D eigenvalue weighted by Gasteiger charge is 2.21. The van der Waals surface area contributed by atoms with Gasteiger partial charge in [0.25, 0.3) is 0 Å². The predicted molar refractivity (Wildman–Crippen MR) is 94.1 cm³/mol. The molecule has 1 atom stereocenters. The van der Waals surface area contributed by atoms with Crippen molar-refractivity contribution in [1.29, 1.82) is 0 Å². The Morgan fingerprint density at radius 1 is 1.12 bits per heavy atom. The maximum absolute atomic E-state index is 12.9. The highest BCUT2D eigenvalue weighted by atomic mass is 19.1. The lowest BCUT2D eigenvalue weighted by Crippen LogP contribution is -2.42. The first-order valence-corrected chi connectivity index (χ1v) is 8.03. The smallest absolute Gasteiger partial charge is 0.328 e. The molecular formula is C20H20FNO3. The first-order chi connectivity index (χ1) is 12.1. The van der Waals surface area contributed by atoms with Gasteiger partial charge in [-0.15, -0.1) is 0 Å². The van der Waals surface area contributed by atoms with Gasteiger partial charge in [-0.2, -0.15) is 0 Å². The van der Waals surface area contributed by atoms with E-state index in [4.69, 9.17) is 4.74 Å². The Labute approximate surface area is 146 Å².